The predicted molar refractivity (Wildman–Crippen MR) is 79.1 cm³/mol. The lowest BCUT2D eigenvalue weighted by Gasteiger charge is -2.24. The molecule has 0 rings (SSSR count). The van der Waals surface area contributed by atoms with E-state index in [1.807, 2.05) is 6.55 Å². The van der Waals surface area contributed by atoms with Crippen molar-refractivity contribution in [2.75, 3.05) is 13.9 Å². The zero-order valence-corrected chi connectivity index (χ0v) is 13.6. The van der Waals surface area contributed by atoms with Crippen LogP contribution in [-0.2, 0) is 18.4 Å². The highest BCUT2D eigenvalue weighted by molar-refractivity contribution is 6.65. The Labute approximate surface area is 118 Å². The molecular weight excluding hydrogens is 260 g/mol. The van der Waals surface area contributed by atoms with Gasteiger partial charge in [0.1, 0.15) is 0 Å². The van der Waals surface area contributed by atoms with Gasteiger partial charge in [-0.25, -0.2) is 4.79 Å². The summed E-state index contributed by atoms with van der Waals surface area (Å²) in [5.41, 5.74) is 0. The first kappa shape index (κ1) is 18.3. The van der Waals surface area contributed by atoms with Gasteiger partial charge in [-0.05, 0) is 12.6 Å². The van der Waals surface area contributed by atoms with Gasteiger partial charge in [-0.2, -0.15) is 0 Å². The molecule has 0 N–H and O–H groups in total. The van der Waals surface area contributed by atoms with Gasteiger partial charge in [-0.15, -0.1) is 0 Å². The lowest BCUT2D eigenvalue weighted by atomic mass is 10.1. The third kappa shape index (κ3) is 9.87. The van der Waals surface area contributed by atoms with Crippen molar-refractivity contribution in [3.05, 3.63) is 12.7 Å². The van der Waals surface area contributed by atoms with Crippen LogP contribution in [0.5, 0.6) is 0 Å². The summed E-state index contributed by atoms with van der Waals surface area (Å²) in [4.78, 5) is 10.9. The van der Waals surface area contributed by atoms with E-state index in [0.29, 0.717) is 0 Å². The largest absolute Gasteiger partial charge is 0.436 e. The van der Waals surface area contributed by atoms with Gasteiger partial charge in [-0.1, -0.05) is 52.0 Å². The second-order valence-corrected chi connectivity index (χ2v) is 8.25. The molecule has 0 aromatic rings. The molecule has 0 spiro atoms. The Morgan fingerprint density at radius 2 is 1.84 bits per heavy atom. The highest BCUT2D eigenvalue weighted by atomic mass is 28.4. The molecule has 0 heterocycles. The van der Waals surface area contributed by atoms with Crippen molar-refractivity contribution in [1.29, 1.82) is 0 Å². The quantitative estimate of drug-likeness (QED) is 0.180. The molecule has 1 unspecified atom stereocenters. The van der Waals surface area contributed by atoms with E-state index >= 15 is 0 Å². The minimum absolute atomic E-state index is 0.0444. The second kappa shape index (κ2) is 11.2. The Hall–Kier alpha value is -0.653. The summed E-state index contributed by atoms with van der Waals surface area (Å²) >= 11 is 0. The summed E-state index contributed by atoms with van der Waals surface area (Å²) in [5, 5.41) is 0. The molecule has 112 valence electrons. The number of esters is 1. The van der Waals surface area contributed by atoms with Gasteiger partial charge in [0, 0.05) is 13.2 Å². The van der Waals surface area contributed by atoms with Crippen LogP contribution in [0.1, 0.15) is 45.4 Å². The Balaban J connectivity index is 3.75. The van der Waals surface area contributed by atoms with Crippen LogP contribution in [0.3, 0.4) is 0 Å². The number of ether oxygens (including phenoxy) is 1. The number of rotatable bonds is 12. The molecule has 19 heavy (non-hydrogen) atoms. The van der Waals surface area contributed by atoms with E-state index < -0.39 is 14.5 Å². The van der Waals surface area contributed by atoms with Crippen LogP contribution in [0.25, 0.3) is 0 Å². The van der Waals surface area contributed by atoms with E-state index in [9.17, 15) is 4.79 Å². The Morgan fingerprint density at radius 1 is 1.21 bits per heavy atom. The molecule has 5 heteroatoms. The van der Waals surface area contributed by atoms with E-state index in [1.54, 1.807) is 7.11 Å². The molecule has 0 aliphatic heterocycles. The van der Waals surface area contributed by atoms with Gasteiger partial charge in [0.05, 0.1) is 0 Å². The molecule has 1 atom stereocenters. The SMILES string of the molecule is C=CC(=O)OCO[Si](C)(CCCCCCCC)OC. The van der Waals surface area contributed by atoms with Crippen LogP contribution in [0.4, 0.5) is 0 Å². The van der Waals surface area contributed by atoms with Crippen LogP contribution in [0, 0.1) is 0 Å². The molecule has 0 aliphatic carbocycles. The van der Waals surface area contributed by atoms with E-state index in [1.165, 1.54) is 32.1 Å². The van der Waals surface area contributed by atoms with Crippen LogP contribution >= 0.6 is 0 Å². The first-order chi connectivity index (χ1) is 9.08. The van der Waals surface area contributed by atoms with E-state index in [4.69, 9.17) is 13.6 Å². The summed E-state index contributed by atoms with van der Waals surface area (Å²) in [6, 6.07) is 0.932. The lowest BCUT2D eigenvalue weighted by molar-refractivity contribution is -0.145. The maximum Gasteiger partial charge on any atom is 0.337 e. The summed E-state index contributed by atoms with van der Waals surface area (Å²) in [6.07, 6.45) is 8.60. The normalized spacial score (nSPS) is 13.8. The standard InChI is InChI=1S/C14H28O4Si/c1-5-7-8-9-10-11-12-19(4,16-3)18-13-17-14(15)6-2/h6H,2,5,7-13H2,1,3-4H3. The summed E-state index contributed by atoms with van der Waals surface area (Å²) in [6.45, 7) is 7.50. The van der Waals surface area contributed by atoms with Gasteiger partial charge in [0.25, 0.3) is 0 Å². The van der Waals surface area contributed by atoms with E-state index in [2.05, 4.69) is 13.5 Å². The monoisotopic (exact) mass is 288 g/mol. The topological polar surface area (TPSA) is 44.8 Å². The first-order valence-electron chi connectivity index (χ1n) is 7.06. The van der Waals surface area contributed by atoms with Crippen LogP contribution < -0.4 is 0 Å². The zero-order chi connectivity index (χ0) is 14.6. The van der Waals surface area contributed by atoms with Gasteiger partial charge >= 0.3 is 14.5 Å². The zero-order valence-electron chi connectivity index (χ0n) is 12.6. The van der Waals surface area contributed by atoms with Crippen molar-refractivity contribution in [2.45, 2.75) is 58.0 Å². The fourth-order valence-electron chi connectivity index (χ4n) is 1.73. The third-order valence-corrected chi connectivity index (χ3v) is 6.00. The number of hydrogen-bond acceptors (Lipinski definition) is 4. The molecule has 0 radical (unpaired) electrons. The molecule has 0 aromatic carbocycles. The highest BCUT2D eigenvalue weighted by Gasteiger charge is 2.29. The number of carbonyl (C=O) groups is 1. The molecule has 0 aliphatic rings. The number of hydrogen-bond donors (Lipinski definition) is 0. The molecular formula is C14H28O4Si. The summed E-state index contributed by atoms with van der Waals surface area (Å²) < 4.78 is 15.9. The van der Waals surface area contributed by atoms with Crippen molar-refractivity contribution in [2.24, 2.45) is 0 Å². The van der Waals surface area contributed by atoms with E-state index in [0.717, 1.165) is 18.5 Å². The fraction of sp³-hybridized carbons (Fsp3) is 0.786. The molecule has 0 aromatic heterocycles. The summed E-state index contributed by atoms with van der Waals surface area (Å²) in [7, 11) is -0.518. The molecule has 4 nitrogen and oxygen atoms in total. The average Bonchev–Trinajstić information content (AvgIpc) is 2.42. The average molecular weight is 288 g/mol. The number of carbonyl (C=O) groups excluding carboxylic acids is 1. The van der Waals surface area contributed by atoms with Gasteiger partial charge in [-0.3, -0.25) is 0 Å². The summed E-state index contributed by atoms with van der Waals surface area (Å²) in [5.74, 6) is -0.466. The highest BCUT2D eigenvalue weighted by Crippen LogP contribution is 2.18. The smallest absolute Gasteiger partial charge is 0.337 e. The van der Waals surface area contributed by atoms with Gasteiger partial charge in [0.2, 0.25) is 0 Å². The van der Waals surface area contributed by atoms with Crippen molar-refractivity contribution in [3.8, 4) is 0 Å². The Bertz CT molecular complexity index is 258. The van der Waals surface area contributed by atoms with Gasteiger partial charge in [0.15, 0.2) is 6.79 Å². The second-order valence-electron chi connectivity index (χ2n) is 4.79. The molecule has 0 bridgehead atoms. The van der Waals surface area contributed by atoms with E-state index in [-0.39, 0.29) is 6.79 Å². The molecule has 0 saturated carbocycles. The molecule has 0 amide bonds. The fourth-order valence-corrected chi connectivity index (χ4v) is 3.40. The molecule has 0 saturated heterocycles. The first-order valence-corrected chi connectivity index (χ1v) is 9.58. The molecule has 0 fully saturated rings. The van der Waals surface area contributed by atoms with Crippen molar-refractivity contribution < 1.29 is 18.4 Å². The van der Waals surface area contributed by atoms with Crippen LogP contribution in [0.2, 0.25) is 12.6 Å². The van der Waals surface area contributed by atoms with Gasteiger partial charge < -0.3 is 13.6 Å². The van der Waals surface area contributed by atoms with Crippen molar-refractivity contribution in [1.82, 2.24) is 0 Å². The minimum atomic E-state index is -2.18. The maximum absolute atomic E-state index is 10.9. The van der Waals surface area contributed by atoms with Crippen molar-refractivity contribution >= 4 is 14.5 Å². The number of unbranched alkanes of at least 4 members (excludes halogenated alkanes) is 5. The van der Waals surface area contributed by atoms with Crippen molar-refractivity contribution in [3.63, 3.8) is 0 Å². The lowest BCUT2D eigenvalue weighted by Crippen LogP contribution is -2.38. The van der Waals surface area contributed by atoms with Crippen LogP contribution in [0.15, 0.2) is 12.7 Å². The maximum atomic E-state index is 10.9. The Kier molecular flexibility index (Phi) is 10.8. The van der Waals surface area contributed by atoms with Crippen LogP contribution in [-0.4, -0.2) is 28.4 Å². The Morgan fingerprint density at radius 3 is 2.42 bits per heavy atom. The minimum Gasteiger partial charge on any atom is -0.436 e. The predicted octanol–water partition coefficient (Wildman–Crippen LogP) is 3.77. The third-order valence-electron chi connectivity index (χ3n) is 3.15.